The molecule has 3 rings (SSSR count). The fourth-order valence-corrected chi connectivity index (χ4v) is 3.29. The second-order valence-corrected chi connectivity index (χ2v) is 5.26. The zero-order valence-corrected chi connectivity index (χ0v) is 9.84. The lowest BCUT2D eigenvalue weighted by Crippen LogP contribution is -2.29. The van der Waals surface area contributed by atoms with E-state index in [0.29, 0.717) is 5.92 Å². The van der Waals surface area contributed by atoms with Gasteiger partial charge >= 0.3 is 0 Å². The molecule has 1 aromatic heterocycles. The van der Waals surface area contributed by atoms with Crippen molar-refractivity contribution in [1.82, 2.24) is 15.5 Å². The minimum absolute atomic E-state index is 0.673. The van der Waals surface area contributed by atoms with E-state index in [0.717, 1.165) is 12.5 Å². The number of hydrogen-bond acceptors (Lipinski definition) is 2. The molecule has 1 aliphatic heterocycles. The Morgan fingerprint density at radius 2 is 1.88 bits per heavy atom. The third-order valence-corrected chi connectivity index (χ3v) is 4.20. The van der Waals surface area contributed by atoms with E-state index in [-0.39, 0.29) is 0 Å². The maximum atomic E-state index is 4.29. The highest BCUT2D eigenvalue weighted by Gasteiger charge is 2.26. The van der Waals surface area contributed by atoms with Crippen LogP contribution in [-0.2, 0) is 0 Å². The maximum Gasteiger partial charge on any atom is 0.0525 e. The summed E-state index contributed by atoms with van der Waals surface area (Å²) in [6.45, 7) is 2.31. The molecule has 1 saturated carbocycles. The van der Waals surface area contributed by atoms with Crippen molar-refractivity contribution in [1.29, 1.82) is 0 Å². The van der Waals surface area contributed by atoms with E-state index in [1.807, 2.05) is 0 Å². The van der Waals surface area contributed by atoms with Crippen LogP contribution in [-0.4, -0.2) is 23.3 Å². The van der Waals surface area contributed by atoms with Crippen LogP contribution < -0.4 is 5.32 Å². The molecule has 0 radical (unpaired) electrons. The van der Waals surface area contributed by atoms with Crippen molar-refractivity contribution in [3.05, 3.63) is 17.5 Å². The normalized spacial score (nSPS) is 27.4. The molecule has 88 valence electrons. The van der Waals surface area contributed by atoms with E-state index in [1.54, 1.807) is 0 Å². The van der Waals surface area contributed by atoms with Gasteiger partial charge in [0.25, 0.3) is 0 Å². The molecule has 2 aliphatic rings. The van der Waals surface area contributed by atoms with Crippen LogP contribution in [0.25, 0.3) is 0 Å². The molecule has 2 N–H and O–H groups in total. The van der Waals surface area contributed by atoms with E-state index in [1.165, 1.54) is 56.3 Å². The topological polar surface area (TPSA) is 40.7 Å². The van der Waals surface area contributed by atoms with Gasteiger partial charge in [0.1, 0.15) is 0 Å². The Kier molecular flexibility index (Phi) is 2.96. The van der Waals surface area contributed by atoms with Gasteiger partial charge < -0.3 is 5.32 Å². The van der Waals surface area contributed by atoms with Crippen LogP contribution in [0.2, 0.25) is 0 Å². The molecular formula is C13H21N3. The minimum atomic E-state index is 0.673. The van der Waals surface area contributed by atoms with E-state index >= 15 is 0 Å². The summed E-state index contributed by atoms with van der Waals surface area (Å²) in [6.07, 6.45) is 10.2. The van der Waals surface area contributed by atoms with Gasteiger partial charge in [0.2, 0.25) is 0 Å². The number of hydrogen-bond donors (Lipinski definition) is 2. The summed E-state index contributed by atoms with van der Waals surface area (Å²) in [4.78, 5) is 0. The zero-order chi connectivity index (χ0) is 10.8. The first kappa shape index (κ1) is 10.3. The van der Waals surface area contributed by atoms with Crippen LogP contribution in [0.3, 0.4) is 0 Å². The lowest BCUT2D eigenvalue weighted by atomic mass is 9.88. The highest BCUT2D eigenvalue weighted by atomic mass is 15.1. The Hall–Kier alpha value is -0.830. The first-order valence-corrected chi connectivity index (χ1v) is 6.69. The zero-order valence-electron chi connectivity index (χ0n) is 9.84. The smallest absolute Gasteiger partial charge is 0.0525 e. The van der Waals surface area contributed by atoms with Gasteiger partial charge in [-0.05, 0) is 43.7 Å². The van der Waals surface area contributed by atoms with Crippen molar-refractivity contribution in [2.75, 3.05) is 13.1 Å². The van der Waals surface area contributed by atoms with E-state index in [4.69, 9.17) is 0 Å². The lowest BCUT2D eigenvalue weighted by Gasteiger charge is -2.23. The van der Waals surface area contributed by atoms with Gasteiger partial charge in [-0.3, -0.25) is 5.10 Å². The van der Waals surface area contributed by atoms with Gasteiger partial charge in [-0.1, -0.05) is 12.8 Å². The first-order chi connectivity index (χ1) is 7.95. The molecule has 0 spiro atoms. The van der Waals surface area contributed by atoms with E-state index in [9.17, 15) is 0 Å². The maximum absolute atomic E-state index is 4.29. The third-order valence-electron chi connectivity index (χ3n) is 4.20. The molecule has 2 heterocycles. The highest BCUT2D eigenvalue weighted by Crippen LogP contribution is 2.38. The third kappa shape index (κ3) is 1.88. The molecule has 3 nitrogen and oxygen atoms in total. The molecule has 1 unspecified atom stereocenters. The van der Waals surface area contributed by atoms with E-state index in [2.05, 4.69) is 21.7 Å². The predicted molar refractivity (Wildman–Crippen MR) is 64.6 cm³/mol. The first-order valence-electron chi connectivity index (χ1n) is 6.69. The summed E-state index contributed by atoms with van der Waals surface area (Å²) in [5, 5.41) is 11.0. The molecular weight excluding hydrogens is 198 g/mol. The molecule has 2 fully saturated rings. The number of H-pyrrole nitrogens is 1. The number of aromatic nitrogens is 2. The number of aromatic amines is 1. The van der Waals surface area contributed by atoms with Gasteiger partial charge in [-0.25, -0.2) is 0 Å². The fraction of sp³-hybridized carbons (Fsp3) is 0.769. The second kappa shape index (κ2) is 4.58. The largest absolute Gasteiger partial charge is 0.316 e. The van der Waals surface area contributed by atoms with Gasteiger partial charge in [-0.2, -0.15) is 5.10 Å². The lowest BCUT2D eigenvalue weighted by molar-refractivity contribution is 0.450. The standard InChI is InChI=1S/C13H21N3/c1-2-5-10(4-1)12-9-15-16-13(12)11-6-3-7-14-8-11/h9-11,14H,1-8H2,(H,15,16). The SMILES string of the molecule is c1n[nH]c(C2CCCNC2)c1C1CCCC1. The summed E-state index contributed by atoms with van der Waals surface area (Å²) in [6, 6.07) is 0. The van der Waals surface area contributed by atoms with Gasteiger partial charge in [-0.15, -0.1) is 0 Å². The summed E-state index contributed by atoms with van der Waals surface area (Å²) in [5.74, 6) is 1.46. The molecule has 0 aromatic carbocycles. The van der Waals surface area contributed by atoms with Crippen LogP contribution in [0, 0.1) is 0 Å². The fourth-order valence-electron chi connectivity index (χ4n) is 3.29. The summed E-state index contributed by atoms with van der Waals surface area (Å²) >= 11 is 0. The molecule has 16 heavy (non-hydrogen) atoms. The molecule has 1 aliphatic carbocycles. The van der Waals surface area contributed by atoms with Gasteiger partial charge in [0, 0.05) is 18.2 Å². The Morgan fingerprint density at radius 1 is 1.06 bits per heavy atom. The highest BCUT2D eigenvalue weighted by molar-refractivity contribution is 5.26. The number of piperidine rings is 1. The van der Waals surface area contributed by atoms with Crippen molar-refractivity contribution in [3.8, 4) is 0 Å². The van der Waals surface area contributed by atoms with E-state index < -0.39 is 0 Å². The van der Waals surface area contributed by atoms with Gasteiger partial charge in [0.15, 0.2) is 0 Å². The van der Waals surface area contributed by atoms with Crippen molar-refractivity contribution in [2.24, 2.45) is 0 Å². The van der Waals surface area contributed by atoms with Crippen molar-refractivity contribution >= 4 is 0 Å². The van der Waals surface area contributed by atoms with Crippen LogP contribution in [0.1, 0.15) is 61.6 Å². The van der Waals surface area contributed by atoms with Gasteiger partial charge in [0.05, 0.1) is 6.20 Å². The van der Waals surface area contributed by atoms with Crippen LogP contribution in [0.4, 0.5) is 0 Å². The summed E-state index contributed by atoms with van der Waals surface area (Å²) in [7, 11) is 0. The Morgan fingerprint density at radius 3 is 2.62 bits per heavy atom. The Balaban J connectivity index is 1.80. The molecule has 1 aromatic rings. The number of nitrogens with zero attached hydrogens (tertiary/aromatic N) is 1. The Labute approximate surface area is 97.0 Å². The van der Waals surface area contributed by atoms with Crippen LogP contribution in [0.5, 0.6) is 0 Å². The number of rotatable bonds is 2. The average Bonchev–Trinajstić information content (AvgIpc) is 3.01. The summed E-state index contributed by atoms with van der Waals surface area (Å²) < 4.78 is 0. The van der Waals surface area contributed by atoms with Crippen LogP contribution >= 0.6 is 0 Å². The van der Waals surface area contributed by atoms with Crippen LogP contribution in [0.15, 0.2) is 6.20 Å². The monoisotopic (exact) mass is 219 g/mol. The summed E-state index contributed by atoms with van der Waals surface area (Å²) in [5.41, 5.74) is 2.95. The Bertz CT molecular complexity index is 333. The quantitative estimate of drug-likeness (QED) is 0.802. The molecule has 3 heteroatoms. The number of nitrogens with one attached hydrogen (secondary N) is 2. The molecule has 0 bridgehead atoms. The molecule has 0 amide bonds. The second-order valence-electron chi connectivity index (χ2n) is 5.26. The minimum Gasteiger partial charge on any atom is -0.316 e. The van der Waals surface area contributed by atoms with Crippen molar-refractivity contribution in [2.45, 2.75) is 50.4 Å². The molecule has 1 atom stereocenters. The average molecular weight is 219 g/mol. The van der Waals surface area contributed by atoms with Crippen molar-refractivity contribution in [3.63, 3.8) is 0 Å². The van der Waals surface area contributed by atoms with Crippen molar-refractivity contribution < 1.29 is 0 Å². The molecule has 1 saturated heterocycles. The predicted octanol–water partition coefficient (Wildman–Crippen LogP) is 2.53.